The largest absolute Gasteiger partial charge is 0.335 e. The number of hydrogen-bond acceptors (Lipinski definition) is 3. The number of benzene rings is 1. The Hall–Kier alpha value is -1.65. The van der Waals surface area contributed by atoms with E-state index in [-0.39, 0.29) is 18.1 Å². The molecule has 2 aliphatic heterocycles. The quantitative estimate of drug-likeness (QED) is 0.824. The van der Waals surface area contributed by atoms with Crippen LogP contribution in [-0.4, -0.2) is 28.4 Å². The van der Waals surface area contributed by atoms with Crippen molar-refractivity contribution in [1.82, 2.24) is 15.2 Å². The topological polar surface area (TPSA) is 45.2 Å². The van der Waals surface area contributed by atoms with Crippen molar-refractivity contribution in [1.29, 1.82) is 0 Å². The highest BCUT2D eigenvalue weighted by atomic mass is 35.5. The van der Waals surface area contributed by atoms with E-state index in [4.69, 9.17) is 11.6 Å². The van der Waals surface area contributed by atoms with Gasteiger partial charge in [0, 0.05) is 17.5 Å². The van der Waals surface area contributed by atoms with Gasteiger partial charge in [0.15, 0.2) is 0 Å². The molecule has 1 aromatic carbocycles. The van der Waals surface area contributed by atoms with Crippen molar-refractivity contribution < 1.29 is 4.79 Å². The van der Waals surface area contributed by atoms with Gasteiger partial charge in [-0.1, -0.05) is 23.2 Å². The number of fused-ring (bicyclic) bond motifs is 2. The molecule has 4 rings (SSSR count). The molecule has 3 heterocycles. The molecule has 0 bridgehead atoms. The van der Waals surface area contributed by atoms with Crippen LogP contribution < -0.4 is 5.32 Å². The second kappa shape index (κ2) is 4.68. The van der Waals surface area contributed by atoms with Crippen molar-refractivity contribution in [2.24, 2.45) is 0 Å². The van der Waals surface area contributed by atoms with Gasteiger partial charge in [0.05, 0.1) is 11.6 Å². The van der Waals surface area contributed by atoms with Crippen LogP contribution in [0.5, 0.6) is 0 Å². The van der Waals surface area contributed by atoms with Crippen molar-refractivity contribution in [2.75, 3.05) is 6.54 Å². The Morgan fingerprint density at radius 1 is 1.38 bits per heavy atom. The fourth-order valence-electron chi connectivity index (χ4n) is 3.43. The highest BCUT2D eigenvalue weighted by Gasteiger charge is 2.43. The van der Waals surface area contributed by atoms with E-state index >= 15 is 0 Å². The van der Waals surface area contributed by atoms with Crippen LogP contribution in [0, 0.1) is 6.92 Å². The molecule has 2 atom stereocenters. The van der Waals surface area contributed by atoms with Gasteiger partial charge in [0.1, 0.15) is 11.3 Å². The van der Waals surface area contributed by atoms with Crippen LogP contribution in [0.1, 0.15) is 30.1 Å². The first kappa shape index (κ1) is 13.0. The Balaban J connectivity index is 1.82. The summed E-state index contributed by atoms with van der Waals surface area (Å²) in [5.41, 5.74) is 2.97. The summed E-state index contributed by atoms with van der Waals surface area (Å²) < 4.78 is 0. The molecular weight excluding hydrogens is 286 g/mol. The Morgan fingerprint density at radius 2 is 2.24 bits per heavy atom. The average Bonchev–Trinajstić information content (AvgIpc) is 3.03. The van der Waals surface area contributed by atoms with Gasteiger partial charge in [-0.25, -0.2) is 4.98 Å². The molecule has 2 aromatic rings. The summed E-state index contributed by atoms with van der Waals surface area (Å²) in [5, 5.41) is 4.59. The first-order valence-electron chi connectivity index (χ1n) is 7.26. The number of halogens is 1. The Morgan fingerprint density at radius 3 is 3.10 bits per heavy atom. The van der Waals surface area contributed by atoms with Gasteiger partial charge in [0.25, 0.3) is 0 Å². The molecule has 0 saturated carbocycles. The molecule has 0 aliphatic carbocycles. The molecule has 1 aromatic heterocycles. The first-order chi connectivity index (χ1) is 10.1. The van der Waals surface area contributed by atoms with Gasteiger partial charge < -0.3 is 5.32 Å². The zero-order chi connectivity index (χ0) is 14.6. The molecule has 0 radical (unpaired) electrons. The molecule has 1 amide bonds. The van der Waals surface area contributed by atoms with Crippen LogP contribution in [0.15, 0.2) is 24.3 Å². The Bertz CT molecular complexity index is 746. The van der Waals surface area contributed by atoms with E-state index in [1.165, 1.54) is 5.56 Å². The summed E-state index contributed by atoms with van der Waals surface area (Å²) in [5.74, 6) is 0.109. The number of aromatic nitrogens is 1. The Labute approximate surface area is 128 Å². The van der Waals surface area contributed by atoms with Gasteiger partial charge in [0.2, 0.25) is 5.91 Å². The first-order valence-corrected chi connectivity index (χ1v) is 7.64. The van der Waals surface area contributed by atoms with Crippen LogP contribution in [0.3, 0.4) is 0 Å². The number of carbonyl (C=O) groups is 1. The maximum atomic E-state index is 12.1. The number of rotatable bonds is 1. The maximum Gasteiger partial charge on any atom is 0.238 e. The molecule has 5 heteroatoms. The summed E-state index contributed by atoms with van der Waals surface area (Å²) in [6.07, 6.45) is 1.85. The van der Waals surface area contributed by atoms with E-state index in [2.05, 4.69) is 34.3 Å². The van der Waals surface area contributed by atoms with Crippen LogP contribution in [0.2, 0.25) is 5.15 Å². The second-order valence-corrected chi connectivity index (χ2v) is 6.23. The van der Waals surface area contributed by atoms with Crippen LogP contribution in [0.4, 0.5) is 0 Å². The fraction of sp³-hybridized carbons (Fsp3) is 0.375. The van der Waals surface area contributed by atoms with E-state index < -0.39 is 0 Å². The lowest BCUT2D eigenvalue weighted by atomic mass is 10.1. The van der Waals surface area contributed by atoms with E-state index in [1.807, 2.05) is 12.1 Å². The molecule has 21 heavy (non-hydrogen) atoms. The molecule has 0 spiro atoms. The standard InChI is InChI=1S/C16H16ClN3O/c1-9-4-5-12-10(7-9)8-11(14(17)18-12)15-19-16(21)13-3-2-6-20(13)15/h4-5,7-8,13,15H,2-3,6H2,1H3,(H,19,21)/t13-,15-/m1/s1. The number of pyridine rings is 1. The minimum Gasteiger partial charge on any atom is -0.335 e. The van der Waals surface area contributed by atoms with E-state index in [0.29, 0.717) is 5.15 Å². The third kappa shape index (κ3) is 2.01. The van der Waals surface area contributed by atoms with Crippen molar-refractivity contribution >= 4 is 28.4 Å². The summed E-state index contributed by atoms with van der Waals surface area (Å²) in [6, 6.07) is 8.16. The number of amides is 1. The number of carbonyl (C=O) groups excluding carboxylic acids is 1. The zero-order valence-electron chi connectivity index (χ0n) is 11.8. The number of nitrogens with one attached hydrogen (secondary N) is 1. The molecule has 2 fully saturated rings. The monoisotopic (exact) mass is 301 g/mol. The fourth-order valence-corrected chi connectivity index (χ4v) is 3.68. The number of hydrogen-bond donors (Lipinski definition) is 1. The van der Waals surface area contributed by atoms with Crippen molar-refractivity contribution in [3.05, 3.63) is 40.5 Å². The molecule has 4 nitrogen and oxygen atoms in total. The lowest BCUT2D eigenvalue weighted by molar-refractivity contribution is -0.121. The summed E-state index contributed by atoms with van der Waals surface area (Å²) in [4.78, 5) is 18.7. The lowest BCUT2D eigenvalue weighted by Gasteiger charge is -2.23. The second-order valence-electron chi connectivity index (χ2n) is 5.87. The number of aryl methyl sites for hydroxylation is 1. The SMILES string of the molecule is Cc1ccc2nc(Cl)c([C@@H]3NC(=O)[C@H]4CCCN43)cc2c1. The van der Waals surface area contributed by atoms with Crippen molar-refractivity contribution in [3.8, 4) is 0 Å². The van der Waals surface area contributed by atoms with Gasteiger partial charge in [-0.3, -0.25) is 9.69 Å². The lowest BCUT2D eigenvalue weighted by Crippen LogP contribution is -2.28. The minimum atomic E-state index is -0.144. The highest BCUT2D eigenvalue weighted by Crippen LogP contribution is 2.36. The van der Waals surface area contributed by atoms with Crippen LogP contribution >= 0.6 is 11.6 Å². The maximum absolute atomic E-state index is 12.1. The molecule has 0 unspecified atom stereocenters. The smallest absolute Gasteiger partial charge is 0.238 e. The average molecular weight is 302 g/mol. The zero-order valence-corrected chi connectivity index (χ0v) is 12.5. The van der Waals surface area contributed by atoms with Gasteiger partial charge >= 0.3 is 0 Å². The van der Waals surface area contributed by atoms with Crippen molar-refractivity contribution in [3.63, 3.8) is 0 Å². The number of nitrogens with zero attached hydrogens (tertiary/aromatic N) is 2. The van der Waals surface area contributed by atoms with E-state index in [9.17, 15) is 4.79 Å². The summed E-state index contributed by atoms with van der Waals surface area (Å²) in [7, 11) is 0. The summed E-state index contributed by atoms with van der Waals surface area (Å²) in [6.45, 7) is 2.98. The Kier molecular flexibility index (Phi) is 2.91. The molecule has 108 valence electrons. The van der Waals surface area contributed by atoms with E-state index in [0.717, 1.165) is 35.9 Å². The predicted octanol–water partition coefficient (Wildman–Crippen LogP) is 2.79. The third-order valence-electron chi connectivity index (χ3n) is 4.45. The predicted molar refractivity (Wildman–Crippen MR) is 82.1 cm³/mol. The molecule has 2 saturated heterocycles. The van der Waals surface area contributed by atoms with Crippen LogP contribution in [0.25, 0.3) is 10.9 Å². The van der Waals surface area contributed by atoms with Gasteiger partial charge in [-0.05, 0) is 38.0 Å². The normalized spacial score (nSPS) is 25.3. The third-order valence-corrected chi connectivity index (χ3v) is 4.76. The van der Waals surface area contributed by atoms with E-state index in [1.54, 1.807) is 0 Å². The molecule has 1 N–H and O–H groups in total. The van der Waals surface area contributed by atoms with Crippen molar-refractivity contribution in [2.45, 2.75) is 32.0 Å². The molecule has 2 aliphatic rings. The van der Waals surface area contributed by atoms with Gasteiger partial charge in [-0.2, -0.15) is 0 Å². The highest BCUT2D eigenvalue weighted by molar-refractivity contribution is 6.30. The minimum absolute atomic E-state index is 0.000673. The summed E-state index contributed by atoms with van der Waals surface area (Å²) >= 11 is 6.37. The molecular formula is C16H16ClN3O. The van der Waals surface area contributed by atoms with Gasteiger partial charge in [-0.15, -0.1) is 0 Å². The van der Waals surface area contributed by atoms with Crippen LogP contribution in [-0.2, 0) is 4.79 Å².